The molecule has 0 atom stereocenters. The first-order chi connectivity index (χ1) is 22.7. The Hall–Kier alpha value is -5.00. The third-order valence-corrected chi connectivity index (χ3v) is 7.41. The van der Waals surface area contributed by atoms with Gasteiger partial charge in [-0.05, 0) is 78.1 Å². The van der Waals surface area contributed by atoms with E-state index in [2.05, 4.69) is 21.4 Å². The Morgan fingerprint density at radius 1 is 0.604 bits per heavy atom. The Morgan fingerprint density at radius 3 is 1.81 bits per heavy atom. The van der Waals surface area contributed by atoms with E-state index in [-0.39, 0.29) is 27.8 Å². The van der Waals surface area contributed by atoms with Crippen LogP contribution in [0.5, 0.6) is 11.5 Å². The van der Waals surface area contributed by atoms with Gasteiger partial charge in [0.05, 0.1) is 11.3 Å². The second-order valence-corrected chi connectivity index (χ2v) is 10.9. The van der Waals surface area contributed by atoms with Gasteiger partial charge in [-0.1, -0.05) is 50.1 Å². The number of halogens is 9. The molecule has 250 valence electrons. The van der Waals surface area contributed by atoms with Gasteiger partial charge in [-0.2, -0.15) is 8.78 Å². The molecule has 12 heteroatoms. The van der Waals surface area contributed by atoms with Crippen molar-refractivity contribution in [2.45, 2.75) is 45.1 Å². The Kier molecular flexibility index (Phi) is 10.0. The zero-order chi connectivity index (χ0) is 34.6. The van der Waals surface area contributed by atoms with Crippen LogP contribution < -0.4 is 9.47 Å². The summed E-state index contributed by atoms with van der Waals surface area (Å²) in [5, 5.41) is 0. The van der Waals surface area contributed by atoms with Crippen molar-refractivity contribution in [1.82, 2.24) is 4.98 Å². The molecule has 1 aromatic heterocycles. The number of hydrogen-bond acceptors (Lipinski definition) is 3. The summed E-state index contributed by atoms with van der Waals surface area (Å²) in [5.74, 6) is -6.44. The zero-order valence-electron chi connectivity index (χ0n) is 25.2. The standard InChI is InChI=1S/C36H26F9NO2/c1-2-3-4-5-21-6-14-33(46-20-21)24-8-13-28(31(39)18-24)35(41,42)47-25-10-12-27(30(38)19-25)22-7-11-26(29(37)16-22)23-9-15-34(32(40)17-23)48-36(43,44)45/h6-20H,2-5H2,1H3. The number of benzene rings is 4. The summed E-state index contributed by atoms with van der Waals surface area (Å²) in [6.45, 7) is 2.10. The van der Waals surface area contributed by atoms with Crippen LogP contribution in [0.15, 0.2) is 91.1 Å². The van der Waals surface area contributed by atoms with E-state index >= 15 is 13.2 Å². The summed E-state index contributed by atoms with van der Waals surface area (Å²) in [4.78, 5) is 4.31. The van der Waals surface area contributed by atoms with Gasteiger partial charge in [0.15, 0.2) is 11.6 Å². The molecule has 0 amide bonds. The van der Waals surface area contributed by atoms with Gasteiger partial charge >= 0.3 is 12.5 Å². The molecule has 0 N–H and O–H groups in total. The summed E-state index contributed by atoms with van der Waals surface area (Å²) in [6, 6.07) is 14.9. The summed E-state index contributed by atoms with van der Waals surface area (Å²) < 4.78 is 135. The lowest BCUT2D eigenvalue weighted by Crippen LogP contribution is -2.23. The van der Waals surface area contributed by atoms with Crippen LogP contribution in [-0.4, -0.2) is 11.3 Å². The van der Waals surface area contributed by atoms with Crippen LogP contribution in [0.25, 0.3) is 33.5 Å². The van der Waals surface area contributed by atoms with Crippen LogP contribution in [0, 0.1) is 23.3 Å². The first-order valence-corrected chi connectivity index (χ1v) is 14.7. The summed E-state index contributed by atoms with van der Waals surface area (Å²) >= 11 is 0. The summed E-state index contributed by atoms with van der Waals surface area (Å²) in [7, 11) is 0. The number of nitrogens with zero attached hydrogens (tertiary/aromatic N) is 1. The Bertz CT molecular complexity index is 1910. The maximum absolute atomic E-state index is 15.1. The lowest BCUT2D eigenvalue weighted by atomic mass is 9.99. The lowest BCUT2D eigenvalue weighted by molar-refractivity contribution is -0.275. The van der Waals surface area contributed by atoms with Crippen molar-refractivity contribution < 1.29 is 49.0 Å². The first kappa shape index (κ1) is 34.3. The van der Waals surface area contributed by atoms with Gasteiger partial charge in [0.25, 0.3) is 0 Å². The van der Waals surface area contributed by atoms with E-state index < -0.39 is 52.8 Å². The van der Waals surface area contributed by atoms with E-state index in [0.29, 0.717) is 23.9 Å². The van der Waals surface area contributed by atoms with E-state index in [1.165, 1.54) is 12.1 Å². The first-order valence-electron chi connectivity index (χ1n) is 14.7. The van der Waals surface area contributed by atoms with Gasteiger partial charge in [-0.25, -0.2) is 17.6 Å². The average molecular weight is 676 g/mol. The smallest absolute Gasteiger partial charge is 0.429 e. The molecule has 0 saturated heterocycles. The van der Waals surface area contributed by atoms with Gasteiger partial charge in [0.2, 0.25) is 0 Å². The van der Waals surface area contributed by atoms with E-state index in [4.69, 9.17) is 0 Å². The normalized spacial score (nSPS) is 11.9. The Labute approximate surface area is 269 Å². The van der Waals surface area contributed by atoms with Crippen molar-refractivity contribution in [3.05, 3.63) is 126 Å². The second kappa shape index (κ2) is 14.0. The summed E-state index contributed by atoms with van der Waals surface area (Å²) in [5.41, 5.74) is 0.0196. The van der Waals surface area contributed by atoms with Gasteiger partial charge in [-0.3, -0.25) is 4.98 Å². The molecule has 0 spiro atoms. The number of unbranched alkanes of at least 4 members (excludes halogenated alkanes) is 2. The molecule has 48 heavy (non-hydrogen) atoms. The predicted octanol–water partition coefficient (Wildman–Crippen LogP) is 11.4. The largest absolute Gasteiger partial charge is 0.573 e. The number of aryl methyl sites for hydroxylation is 1. The van der Waals surface area contributed by atoms with Crippen LogP contribution in [0.4, 0.5) is 39.5 Å². The van der Waals surface area contributed by atoms with E-state index in [1.807, 2.05) is 6.07 Å². The van der Waals surface area contributed by atoms with E-state index in [1.54, 1.807) is 12.3 Å². The molecule has 0 aliphatic carbocycles. The third-order valence-electron chi connectivity index (χ3n) is 7.41. The molecule has 0 aliphatic rings. The topological polar surface area (TPSA) is 31.4 Å². The number of rotatable bonds is 11. The van der Waals surface area contributed by atoms with Gasteiger partial charge in [-0.15, -0.1) is 13.2 Å². The maximum atomic E-state index is 15.1. The van der Waals surface area contributed by atoms with Crippen molar-refractivity contribution in [1.29, 1.82) is 0 Å². The molecule has 5 rings (SSSR count). The van der Waals surface area contributed by atoms with Crippen LogP contribution in [0.3, 0.4) is 0 Å². The number of pyridine rings is 1. The van der Waals surface area contributed by atoms with Gasteiger partial charge < -0.3 is 9.47 Å². The Balaban J connectivity index is 1.30. The molecule has 0 aliphatic heterocycles. The highest BCUT2D eigenvalue weighted by molar-refractivity contribution is 5.72. The Morgan fingerprint density at radius 2 is 1.23 bits per heavy atom. The van der Waals surface area contributed by atoms with Crippen molar-refractivity contribution in [2.24, 2.45) is 0 Å². The molecule has 0 saturated carbocycles. The maximum Gasteiger partial charge on any atom is 0.573 e. The quantitative estimate of drug-likeness (QED) is 0.103. The zero-order valence-corrected chi connectivity index (χ0v) is 25.2. The van der Waals surface area contributed by atoms with Crippen molar-refractivity contribution in [2.75, 3.05) is 0 Å². The molecule has 0 fully saturated rings. The molecule has 3 nitrogen and oxygen atoms in total. The second-order valence-electron chi connectivity index (χ2n) is 10.9. The highest BCUT2D eigenvalue weighted by Crippen LogP contribution is 2.37. The minimum Gasteiger partial charge on any atom is -0.429 e. The van der Waals surface area contributed by atoms with Crippen molar-refractivity contribution >= 4 is 0 Å². The van der Waals surface area contributed by atoms with Crippen LogP contribution in [0.1, 0.15) is 37.3 Å². The predicted molar refractivity (Wildman–Crippen MR) is 161 cm³/mol. The lowest BCUT2D eigenvalue weighted by Gasteiger charge is -2.19. The highest BCUT2D eigenvalue weighted by Gasteiger charge is 2.38. The minimum absolute atomic E-state index is 0.0335. The van der Waals surface area contributed by atoms with Crippen molar-refractivity contribution in [3.8, 4) is 45.0 Å². The fraction of sp³-hybridized carbons (Fsp3) is 0.194. The fourth-order valence-corrected chi connectivity index (χ4v) is 5.02. The molecule has 4 aromatic carbocycles. The molecule has 0 unspecified atom stereocenters. The molecular weight excluding hydrogens is 649 g/mol. The molecule has 5 aromatic rings. The highest BCUT2D eigenvalue weighted by atomic mass is 19.4. The van der Waals surface area contributed by atoms with Gasteiger partial charge in [0, 0.05) is 29.0 Å². The van der Waals surface area contributed by atoms with Crippen LogP contribution in [0.2, 0.25) is 0 Å². The number of alkyl halides is 5. The average Bonchev–Trinajstić information content (AvgIpc) is 3.01. The molecule has 0 radical (unpaired) electrons. The molecular formula is C36H26F9NO2. The number of hydrogen-bond donors (Lipinski definition) is 0. The monoisotopic (exact) mass is 675 g/mol. The van der Waals surface area contributed by atoms with E-state index in [9.17, 15) is 26.3 Å². The van der Waals surface area contributed by atoms with Crippen molar-refractivity contribution in [3.63, 3.8) is 0 Å². The number of ether oxygens (including phenoxy) is 2. The van der Waals surface area contributed by atoms with Crippen LogP contribution in [-0.2, 0) is 12.5 Å². The molecule has 1 heterocycles. The number of aromatic nitrogens is 1. The molecule has 0 bridgehead atoms. The van der Waals surface area contributed by atoms with Gasteiger partial charge in [0.1, 0.15) is 23.2 Å². The van der Waals surface area contributed by atoms with Crippen LogP contribution >= 0.6 is 0 Å². The third kappa shape index (κ3) is 8.10. The SMILES string of the molecule is CCCCCc1ccc(-c2ccc(C(F)(F)Oc3ccc(-c4ccc(-c5ccc(OC(F)(F)F)c(F)c5)c(F)c4)c(F)c3)c(F)c2)nc1. The summed E-state index contributed by atoms with van der Waals surface area (Å²) in [6.07, 6.45) is -3.66. The van der Waals surface area contributed by atoms with E-state index in [0.717, 1.165) is 73.7 Å². The minimum atomic E-state index is -5.13. The fourth-order valence-electron chi connectivity index (χ4n) is 5.02.